The van der Waals surface area contributed by atoms with Crippen molar-refractivity contribution in [3.8, 4) is 0 Å². The van der Waals surface area contributed by atoms with Gasteiger partial charge in [0, 0.05) is 22.6 Å². The lowest BCUT2D eigenvalue weighted by Crippen LogP contribution is -2.55. The largest absolute Gasteiger partial charge is 0.396 e. The molecule has 0 bridgehead atoms. The van der Waals surface area contributed by atoms with Gasteiger partial charge in [-0.1, -0.05) is 11.6 Å². The molecule has 4 heteroatoms. The van der Waals surface area contributed by atoms with Crippen molar-refractivity contribution in [2.24, 2.45) is 5.41 Å². The van der Waals surface area contributed by atoms with Gasteiger partial charge >= 0.3 is 0 Å². The Morgan fingerprint density at radius 2 is 2.06 bits per heavy atom. The van der Waals surface area contributed by atoms with E-state index >= 15 is 0 Å². The number of benzene rings is 1. The molecule has 2 nitrogen and oxygen atoms in total. The Kier molecular flexibility index (Phi) is 2.47. The number of aliphatic hydroxyl groups is 1. The molecule has 1 aliphatic carbocycles. The monoisotopic (exact) mass is 256 g/mol. The second-order valence-corrected chi connectivity index (χ2v) is 5.57. The summed E-state index contributed by atoms with van der Waals surface area (Å²) < 4.78 is 19.3. The van der Waals surface area contributed by atoms with E-state index in [-0.39, 0.29) is 23.3 Å². The number of hydrogen-bond acceptors (Lipinski definition) is 2. The van der Waals surface area contributed by atoms with E-state index in [1.807, 2.05) is 0 Å². The summed E-state index contributed by atoms with van der Waals surface area (Å²) in [5.74, 6) is -0.252. The Morgan fingerprint density at radius 3 is 2.53 bits per heavy atom. The van der Waals surface area contributed by atoms with Gasteiger partial charge in [-0.2, -0.15) is 0 Å². The van der Waals surface area contributed by atoms with Crippen molar-refractivity contribution in [1.82, 2.24) is 0 Å². The molecule has 2 fully saturated rings. The average Bonchev–Trinajstić information content (AvgIpc) is 3.03. The van der Waals surface area contributed by atoms with Crippen LogP contribution in [0.15, 0.2) is 18.2 Å². The van der Waals surface area contributed by atoms with Gasteiger partial charge in [0.15, 0.2) is 0 Å². The van der Waals surface area contributed by atoms with Crippen molar-refractivity contribution in [2.75, 3.05) is 19.8 Å². The number of halogens is 2. The fourth-order valence-electron chi connectivity index (χ4n) is 2.86. The zero-order chi connectivity index (χ0) is 12.1. The first kappa shape index (κ1) is 11.5. The molecular weight excluding hydrogens is 243 g/mol. The third-order valence-corrected chi connectivity index (χ3v) is 4.55. The summed E-state index contributed by atoms with van der Waals surface area (Å²) in [6.45, 7) is 1.04. The minimum Gasteiger partial charge on any atom is -0.396 e. The minimum absolute atomic E-state index is 0.0856. The van der Waals surface area contributed by atoms with Gasteiger partial charge in [-0.25, -0.2) is 4.39 Å². The number of hydrogen-bond donors (Lipinski definition) is 1. The highest BCUT2D eigenvalue weighted by atomic mass is 35.5. The highest BCUT2D eigenvalue weighted by Gasteiger charge is 2.64. The van der Waals surface area contributed by atoms with Gasteiger partial charge in [-0.3, -0.25) is 0 Å². The molecule has 0 atom stereocenters. The molecule has 3 rings (SSSR count). The summed E-state index contributed by atoms with van der Waals surface area (Å²) in [7, 11) is 0. The third-order valence-electron chi connectivity index (χ3n) is 4.31. The summed E-state index contributed by atoms with van der Waals surface area (Å²) in [4.78, 5) is 0. The molecule has 0 aromatic heterocycles. The lowest BCUT2D eigenvalue weighted by atomic mass is 9.66. The molecule has 1 aromatic carbocycles. The minimum atomic E-state index is -0.378. The maximum Gasteiger partial charge on any atom is 0.127 e. The highest BCUT2D eigenvalue weighted by Crippen LogP contribution is 2.62. The van der Waals surface area contributed by atoms with Crippen molar-refractivity contribution in [1.29, 1.82) is 0 Å². The molecule has 0 spiro atoms. The Hall–Kier alpha value is -0.640. The average molecular weight is 257 g/mol. The van der Waals surface area contributed by atoms with Crippen LogP contribution in [0.4, 0.5) is 4.39 Å². The molecule has 1 heterocycles. The van der Waals surface area contributed by atoms with Gasteiger partial charge in [0.2, 0.25) is 0 Å². The second kappa shape index (κ2) is 3.67. The Labute approximate surface area is 104 Å². The summed E-state index contributed by atoms with van der Waals surface area (Å²) in [6, 6.07) is 4.62. The smallest absolute Gasteiger partial charge is 0.127 e. The Balaban J connectivity index is 2.09. The zero-order valence-electron chi connectivity index (χ0n) is 9.38. The van der Waals surface area contributed by atoms with Gasteiger partial charge in [0.25, 0.3) is 0 Å². The molecule has 2 aliphatic rings. The quantitative estimate of drug-likeness (QED) is 0.901. The molecular formula is C13H14ClFO2. The van der Waals surface area contributed by atoms with Gasteiger partial charge in [-0.15, -0.1) is 0 Å². The maximum absolute atomic E-state index is 14.0. The van der Waals surface area contributed by atoms with E-state index < -0.39 is 0 Å². The third kappa shape index (κ3) is 1.46. The molecule has 1 saturated heterocycles. The van der Waals surface area contributed by atoms with Crippen molar-refractivity contribution < 1.29 is 14.2 Å². The van der Waals surface area contributed by atoms with Crippen molar-refractivity contribution in [3.05, 3.63) is 34.6 Å². The van der Waals surface area contributed by atoms with E-state index in [1.165, 1.54) is 6.07 Å². The summed E-state index contributed by atoms with van der Waals surface area (Å²) in [5, 5.41) is 10.1. The first-order chi connectivity index (χ1) is 8.13. The number of ether oxygens (including phenoxy) is 1. The molecule has 17 heavy (non-hydrogen) atoms. The summed E-state index contributed by atoms with van der Waals surface area (Å²) >= 11 is 5.95. The van der Waals surface area contributed by atoms with E-state index in [0.29, 0.717) is 23.8 Å². The first-order valence-corrected chi connectivity index (χ1v) is 6.16. The van der Waals surface area contributed by atoms with Crippen molar-refractivity contribution in [2.45, 2.75) is 18.3 Å². The van der Waals surface area contributed by atoms with E-state index in [9.17, 15) is 9.50 Å². The highest BCUT2D eigenvalue weighted by molar-refractivity contribution is 6.30. The molecule has 0 amide bonds. The van der Waals surface area contributed by atoms with Crippen molar-refractivity contribution in [3.63, 3.8) is 0 Å². The molecule has 1 saturated carbocycles. The van der Waals surface area contributed by atoms with Crippen LogP contribution in [0.3, 0.4) is 0 Å². The van der Waals surface area contributed by atoms with Gasteiger partial charge < -0.3 is 9.84 Å². The standard InChI is InChI=1S/C13H14ClFO2/c14-9-1-2-11(15)10(5-9)13(7-17-8-13)12(6-16)3-4-12/h1-2,5,16H,3-4,6-8H2. The lowest BCUT2D eigenvalue weighted by molar-refractivity contribution is -0.111. The van der Waals surface area contributed by atoms with E-state index in [1.54, 1.807) is 12.1 Å². The summed E-state index contributed by atoms with van der Waals surface area (Å²) in [5.41, 5.74) is 0.0239. The maximum atomic E-state index is 14.0. The van der Waals surface area contributed by atoms with Crippen LogP contribution in [0.25, 0.3) is 0 Å². The van der Waals surface area contributed by atoms with Gasteiger partial charge in [-0.05, 0) is 31.0 Å². The lowest BCUT2D eigenvalue weighted by Gasteiger charge is -2.48. The van der Waals surface area contributed by atoms with Crippen LogP contribution >= 0.6 is 11.6 Å². The fraction of sp³-hybridized carbons (Fsp3) is 0.538. The normalized spacial score (nSPS) is 24.2. The van der Waals surface area contributed by atoms with Gasteiger partial charge in [0.05, 0.1) is 18.6 Å². The summed E-state index contributed by atoms with van der Waals surface area (Å²) in [6.07, 6.45) is 1.86. The van der Waals surface area contributed by atoms with Crippen LogP contribution in [0.1, 0.15) is 18.4 Å². The van der Waals surface area contributed by atoms with Crippen LogP contribution < -0.4 is 0 Å². The molecule has 1 aromatic rings. The molecule has 92 valence electrons. The fourth-order valence-corrected chi connectivity index (χ4v) is 3.03. The van der Waals surface area contributed by atoms with E-state index in [0.717, 1.165) is 12.8 Å². The van der Waals surface area contributed by atoms with Crippen LogP contribution in [0.5, 0.6) is 0 Å². The van der Waals surface area contributed by atoms with Crippen molar-refractivity contribution >= 4 is 11.6 Å². The van der Waals surface area contributed by atoms with E-state index in [2.05, 4.69) is 0 Å². The van der Waals surface area contributed by atoms with Crippen LogP contribution in [-0.4, -0.2) is 24.9 Å². The molecule has 1 N–H and O–H groups in total. The predicted octanol–water partition coefficient (Wildman–Crippen LogP) is 2.52. The predicted molar refractivity (Wildman–Crippen MR) is 62.7 cm³/mol. The number of aliphatic hydroxyl groups excluding tert-OH is 1. The zero-order valence-corrected chi connectivity index (χ0v) is 10.1. The van der Waals surface area contributed by atoms with Crippen LogP contribution in [-0.2, 0) is 10.2 Å². The van der Waals surface area contributed by atoms with Crippen LogP contribution in [0, 0.1) is 11.2 Å². The molecule has 0 unspecified atom stereocenters. The van der Waals surface area contributed by atoms with Crippen LogP contribution in [0.2, 0.25) is 5.02 Å². The SMILES string of the molecule is OCC1(C2(c3cc(Cl)ccc3F)COC2)CC1. The number of rotatable bonds is 3. The first-order valence-electron chi connectivity index (χ1n) is 5.78. The second-order valence-electron chi connectivity index (χ2n) is 5.14. The Morgan fingerprint density at radius 1 is 1.35 bits per heavy atom. The topological polar surface area (TPSA) is 29.5 Å². The Bertz CT molecular complexity index is 453. The van der Waals surface area contributed by atoms with E-state index in [4.69, 9.17) is 16.3 Å². The molecule has 1 aliphatic heterocycles. The molecule has 0 radical (unpaired) electrons. The van der Waals surface area contributed by atoms with Gasteiger partial charge in [0.1, 0.15) is 5.82 Å².